The molecule has 0 spiro atoms. The molecular weight excluding hydrogens is 221 g/mol. The molecule has 0 N–H and O–H groups in total. The molecule has 0 aliphatic carbocycles. The number of benzene rings is 1. The number of carbonyl (C=O) groups excluding carboxylic acids is 1. The topological polar surface area (TPSA) is 29.5 Å². The molecule has 0 radical (unpaired) electrons. The first-order valence-electron chi connectivity index (χ1n) is 5.63. The fraction of sp³-hybridized carbons (Fsp3) is 0.308. The number of halogens is 1. The van der Waals surface area contributed by atoms with E-state index in [-0.39, 0.29) is 11.9 Å². The average molecular weight is 235 g/mol. The SMILES string of the molecule is O=C(O/C=C/c1cccc(F)c1)N1CCCC1. The van der Waals surface area contributed by atoms with Crippen LogP contribution < -0.4 is 0 Å². The molecular formula is C13H14FNO2. The Morgan fingerprint density at radius 3 is 2.82 bits per heavy atom. The highest BCUT2D eigenvalue weighted by Gasteiger charge is 2.17. The quantitative estimate of drug-likeness (QED) is 0.737. The second-order valence-electron chi connectivity index (χ2n) is 3.94. The van der Waals surface area contributed by atoms with Crippen LogP contribution in [-0.2, 0) is 4.74 Å². The second-order valence-corrected chi connectivity index (χ2v) is 3.94. The van der Waals surface area contributed by atoms with Gasteiger partial charge in [0.2, 0.25) is 0 Å². The van der Waals surface area contributed by atoms with Gasteiger partial charge >= 0.3 is 6.09 Å². The van der Waals surface area contributed by atoms with Crippen LogP contribution in [0.5, 0.6) is 0 Å². The molecule has 0 atom stereocenters. The first-order chi connectivity index (χ1) is 8.25. The predicted octanol–water partition coefficient (Wildman–Crippen LogP) is 3.03. The molecule has 2 rings (SSSR count). The van der Waals surface area contributed by atoms with Gasteiger partial charge in [-0.1, -0.05) is 12.1 Å². The fourth-order valence-electron chi connectivity index (χ4n) is 1.76. The third-order valence-electron chi connectivity index (χ3n) is 2.64. The molecule has 90 valence electrons. The zero-order valence-electron chi connectivity index (χ0n) is 9.43. The van der Waals surface area contributed by atoms with Gasteiger partial charge < -0.3 is 9.64 Å². The van der Waals surface area contributed by atoms with Crippen molar-refractivity contribution in [2.45, 2.75) is 12.8 Å². The van der Waals surface area contributed by atoms with Crippen LogP contribution in [0.15, 0.2) is 30.5 Å². The maximum atomic E-state index is 12.8. The maximum Gasteiger partial charge on any atom is 0.414 e. The summed E-state index contributed by atoms with van der Waals surface area (Å²) in [6.45, 7) is 1.51. The summed E-state index contributed by atoms with van der Waals surface area (Å²) in [6.07, 6.45) is 4.59. The number of carbonyl (C=O) groups is 1. The summed E-state index contributed by atoms with van der Waals surface area (Å²) >= 11 is 0. The van der Waals surface area contributed by atoms with Crippen molar-refractivity contribution in [1.29, 1.82) is 0 Å². The second kappa shape index (κ2) is 5.48. The fourth-order valence-corrected chi connectivity index (χ4v) is 1.76. The van der Waals surface area contributed by atoms with Gasteiger partial charge in [-0.2, -0.15) is 0 Å². The van der Waals surface area contributed by atoms with Gasteiger partial charge in [0, 0.05) is 13.1 Å². The lowest BCUT2D eigenvalue weighted by molar-refractivity contribution is 0.147. The van der Waals surface area contributed by atoms with Gasteiger partial charge in [-0.3, -0.25) is 0 Å². The average Bonchev–Trinajstić information content (AvgIpc) is 2.82. The molecule has 1 fully saturated rings. The van der Waals surface area contributed by atoms with Gasteiger partial charge in [-0.25, -0.2) is 9.18 Å². The minimum Gasteiger partial charge on any atom is -0.418 e. The van der Waals surface area contributed by atoms with Crippen molar-refractivity contribution in [2.24, 2.45) is 0 Å². The summed E-state index contributed by atoms with van der Waals surface area (Å²) in [4.78, 5) is 13.1. The molecule has 1 aliphatic rings. The van der Waals surface area contributed by atoms with E-state index in [4.69, 9.17) is 4.74 Å². The predicted molar refractivity (Wildman–Crippen MR) is 62.7 cm³/mol. The number of hydrogen-bond donors (Lipinski definition) is 0. The van der Waals surface area contributed by atoms with E-state index in [9.17, 15) is 9.18 Å². The molecule has 17 heavy (non-hydrogen) atoms. The Kier molecular flexibility index (Phi) is 3.75. The summed E-state index contributed by atoms with van der Waals surface area (Å²) in [5, 5.41) is 0. The standard InChI is InChI=1S/C13H14FNO2/c14-12-5-3-4-11(10-12)6-9-17-13(16)15-7-1-2-8-15/h3-6,9-10H,1-2,7-8H2/b9-6+. The highest BCUT2D eigenvalue weighted by Crippen LogP contribution is 2.10. The van der Waals surface area contributed by atoms with Crippen molar-refractivity contribution in [1.82, 2.24) is 4.90 Å². The Bertz CT molecular complexity index is 425. The number of likely N-dealkylation sites (tertiary alicyclic amines) is 1. The summed E-state index contributed by atoms with van der Waals surface area (Å²) in [7, 11) is 0. The van der Waals surface area contributed by atoms with E-state index in [1.165, 1.54) is 18.4 Å². The Morgan fingerprint density at radius 2 is 2.12 bits per heavy atom. The summed E-state index contributed by atoms with van der Waals surface area (Å²) in [5.74, 6) is -0.307. The van der Waals surface area contributed by atoms with E-state index in [2.05, 4.69) is 0 Å². The van der Waals surface area contributed by atoms with Gasteiger partial charge in [0.05, 0.1) is 6.26 Å². The normalized spacial score (nSPS) is 15.5. The van der Waals surface area contributed by atoms with Crippen molar-refractivity contribution in [3.05, 3.63) is 41.9 Å². The number of hydrogen-bond acceptors (Lipinski definition) is 2. The molecule has 3 nitrogen and oxygen atoms in total. The first-order valence-corrected chi connectivity index (χ1v) is 5.63. The number of rotatable bonds is 2. The molecule has 4 heteroatoms. The molecule has 1 aromatic carbocycles. The Labute approximate surface area is 99.5 Å². The smallest absolute Gasteiger partial charge is 0.414 e. The van der Waals surface area contributed by atoms with Gasteiger partial charge in [-0.15, -0.1) is 0 Å². The van der Waals surface area contributed by atoms with Crippen LogP contribution in [0, 0.1) is 5.82 Å². The first kappa shape index (κ1) is 11.6. The molecule has 0 saturated carbocycles. The van der Waals surface area contributed by atoms with Gasteiger partial charge in [0.25, 0.3) is 0 Å². The minimum atomic E-state index is -0.338. The highest BCUT2D eigenvalue weighted by atomic mass is 19.1. The zero-order valence-corrected chi connectivity index (χ0v) is 9.43. The number of ether oxygens (including phenoxy) is 1. The van der Waals surface area contributed by atoms with Crippen molar-refractivity contribution in [3.8, 4) is 0 Å². The summed E-state index contributed by atoms with van der Waals surface area (Å²) < 4.78 is 17.8. The Morgan fingerprint density at radius 1 is 1.35 bits per heavy atom. The number of nitrogens with zero attached hydrogens (tertiary/aromatic N) is 1. The highest BCUT2D eigenvalue weighted by molar-refractivity contribution is 5.69. The van der Waals surface area contributed by atoms with E-state index < -0.39 is 0 Å². The monoisotopic (exact) mass is 235 g/mol. The summed E-state index contributed by atoms with van der Waals surface area (Å²) in [6, 6.07) is 6.09. The van der Waals surface area contributed by atoms with Gasteiger partial charge in [0.15, 0.2) is 0 Å². The van der Waals surface area contributed by atoms with Crippen LogP contribution in [0.2, 0.25) is 0 Å². The molecule has 1 saturated heterocycles. The zero-order chi connectivity index (χ0) is 12.1. The minimum absolute atomic E-state index is 0.307. The van der Waals surface area contributed by atoms with Crippen LogP contribution in [0.25, 0.3) is 6.08 Å². The maximum absolute atomic E-state index is 12.8. The van der Waals surface area contributed by atoms with E-state index in [0.29, 0.717) is 5.56 Å². The van der Waals surface area contributed by atoms with Crippen molar-refractivity contribution < 1.29 is 13.9 Å². The lowest BCUT2D eigenvalue weighted by atomic mass is 10.2. The molecule has 1 amide bonds. The molecule has 1 heterocycles. The van der Waals surface area contributed by atoms with Crippen LogP contribution in [0.3, 0.4) is 0 Å². The van der Waals surface area contributed by atoms with E-state index >= 15 is 0 Å². The Hall–Kier alpha value is -1.84. The molecule has 1 aromatic rings. The van der Waals surface area contributed by atoms with Crippen LogP contribution in [-0.4, -0.2) is 24.1 Å². The van der Waals surface area contributed by atoms with Crippen LogP contribution in [0.4, 0.5) is 9.18 Å². The molecule has 1 aliphatic heterocycles. The van der Waals surface area contributed by atoms with E-state index in [1.807, 2.05) is 0 Å². The number of amides is 1. The lowest BCUT2D eigenvalue weighted by Crippen LogP contribution is -2.26. The molecule has 0 bridgehead atoms. The largest absolute Gasteiger partial charge is 0.418 e. The van der Waals surface area contributed by atoms with Crippen LogP contribution in [0.1, 0.15) is 18.4 Å². The van der Waals surface area contributed by atoms with Crippen LogP contribution >= 0.6 is 0 Å². The van der Waals surface area contributed by atoms with E-state index in [0.717, 1.165) is 25.9 Å². The third-order valence-corrected chi connectivity index (χ3v) is 2.64. The molecule has 0 aromatic heterocycles. The summed E-state index contributed by atoms with van der Waals surface area (Å²) in [5.41, 5.74) is 0.666. The van der Waals surface area contributed by atoms with Gasteiger partial charge in [-0.05, 0) is 36.6 Å². The Balaban J connectivity index is 1.86. The van der Waals surface area contributed by atoms with Crippen molar-refractivity contribution in [3.63, 3.8) is 0 Å². The third kappa shape index (κ3) is 3.31. The van der Waals surface area contributed by atoms with Crippen molar-refractivity contribution in [2.75, 3.05) is 13.1 Å². The lowest BCUT2D eigenvalue weighted by Gasteiger charge is -2.12. The molecule has 0 unspecified atom stereocenters. The van der Waals surface area contributed by atoms with E-state index in [1.54, 1.807) is 23.1 Å². The van der Waals surface area contributed by atoms with Crippen molar-refractivity contribution >= 4 is 12.2 Å². The van der Waals surface area contributed by atoms with Gasteiger partial charge in [0.1, 0.15) is 5.82 Å².